The van der Waals surface area contributed by atoms with E-state index in [1.54, 1.807) is 0 Å². The van der Waals surface area contributed by atoms with Gasteiger partial charge in [-0.2, -0.15) is 0 Å². The number of hydrogen-bond donors (Lipinski definition) is 0. The van der Waals surface area contributed by atoms with Gasteiger partial charge in [0.1, 0.15) is 11.2 Å². The molecule has 0 atom stereocenters. The van der Waals surface area contributed by atoms with Crippen LogP contribution in [0.25, 0.3) is 122 Å². The van der Waals surface area contributed by atoms with Crippen molar-refractivity contribution in [3.8, 4) is 67.3 Å². The Morgan fingerprint density at radius 3 is 1.34 bits per heavy atom. The number of rotatable bonds is 6. The predicted octanol–water partition coefficient (Wildman–Crippen LogP) is 15.8. The van der Waals surface area contributed by atoms with Crippen LogP contribution >= 0.6 is 0 Å². The number of para-hydroxylation sites is 1. The van der Waals surface area contributed by atoms with Crippen LogP contribution in [0.15, 0.2) is 223 Å². The summed E-state index contributed by atoms with van der Waals surface area (Å²) in [6.07, 6.45) is 0. The highest BCUT2D eigenvalue weighted by Gasteiger charge is 2.15. The molecule has 10 aromatic carbocycles. The largest absolute Gasteiger partial charge is 0.456 e. The molecular formula is C58H36N2O. The van der Waals surface area contributed by atoms with Crippen LogP contribution in [0.5, 0.6) is 0 Å². The molecule has 0 amide bonds. The molecule has 0 fully saturated rings. The molecule has 0 aliphatic carbocycles. The van der Waals surface area contributed by atoms with Crippen molar-refractivity contribution in [1.29, 1.82) is 0 Å². The monoisotopic (exact) mass is 776 g/mol. The second-order valence-electron chi connectivity index (χ2n) is 15.7. The van der Waals surface area contributed by atoms with Crippen LogP contribution in [0.3, 0.4) is 0 Å². The van der Waals surface area contributed by atoms with Crippen LogP contribution in [-0.2, 0) is 0 Å². The molecular weight excluding hydrogens is 741 g/mol. The fraction of sp³-hybridized carbons (Fsp3) is 0. The van der Waals surface area contributed by atoms with E-state index in [-0.39, 0.29) is 0 Å². The molecule has 0 saturated heterocycles. The molecule has 2 heterocycles. The number of nitrogens with zero attached hydrogens (tertiary/aromatic N) is 2. The van der Waals surface area contributed by atoms with E-state index < -0.39 is 0 Å². The van der Waals surface area contributed by atoms with Crippen molar-refractivity contribution < 1.29 is 4.42 Å². The number of hydrogen-bond acceptors (Lipinski definition) is 3. The van der Waals surface area contributed by atoms with Crippen LogP contribution in [0.2, 0.25) is 0 Å². The molecule has 0 saturated carbocycles. The van der Waals surface area contributed by atoms with E-state index in [4.69, 9.17) is 14.4 Å². The average Bonchev–Trinajstić information content (AvgIpc) is 3.73. The minimum absolute atomic E-state index is 0.693. The van der Waals surface area contributed by atoms with Crippen LogP contribution < -0.4 is 0 Å². The number of furan rings is 1. The second kappa shape index (κ2) is 14.3. The molecule has 0 radical (unpaired) electrons. The van der Waals surface area contributed by atoms with Crippen molar-refractivity contribution >= 4 is 54.3 Å². The van der Waals surface area contributed by atoms with Gasteiger partial charge in [-0.1, -0.05) is 194 Å². The van der Waals surface area contributed by atoms with Gasteiger partial charge >= 0.3 is 0 Å². The third kappa shape index (κ3) is 6.06. The Labute approximate surface area is 352 Å². The first kappa shape index (κ1) is 34.9. The van der Waals surface area contributed by atoms with Gasteiger partial charge in [0.2, 0.25) is 0 Å². The summed E-state index contributed by atoms with van der Waals surface area (Å²) < 4.78 is 6.17. The zero-order valence-corrected chi connectivity index (χ0v) is 33.1. The zero-order valence-electron chi connectivity index (χ0n) is 33.1. The van der Waals surface area contributed by atoms with E-state index in [1.165, 1.54) is 43.4 Å². The lowest BCUT2D eigenvalue weighted by atomic mass is 9.92. The summed E-state index contributed by atoms with van der Waals surface area (Å²) in [5.74, 6) is 0.693. The fourth-order valence-corrected chi connectivity index (χ4v) is 9.07. The molecule has 0 bridgehead atoms. The first-order valence-corrected chi connectivity index (χ1v) is 20.7. The molecule has 2 aromatic heterocycles. The summed E-state index contributed by atoms with van der Waals surface area (Å²) >= 11 is 0. The first-order chi connectivity index (χ1) is 30.2. The lowest BCUT2D eigenvalue weighted by molar-refractivity contribution is 0.669. The van der Waals surface area contributed by atoms with Crippen molar-refractivity contribution in [1.82, 2.24) is 9.97 Å². The van der Waals surface area contributed by atoms with Crippen molar-refractivity contribution in [2.24, 2.45) is 0 Å². The molecule has 0 aliphatic heterocycles. The van der Waals surface area contributed by atoms with E-state index in [0.717, 1.165) is 72.3 Å². The van der Waals surface area contributed by atoms with Crippen molar-refractivity contribution in [2.75, 3.05) is 0 Å². The number of fused-ring (bicyclic) bond motifs is 9. The minimum Gasteiger partial charge on any atom is -0.456 e. The van der Waals surface area contributed by atoms with Gasteiger partial charge in [-0.25, -0.2) is 9.97 Å². The summed E-state index contributed by atoms with van der Waals surface area (Å²) in [6, 6.07) is 77.5. The highest BCUT2D eigenvalue weighted by atomic mass is 16.3. The summed E-state index contributed by atoms with van der Waals surface area (Å²) in [4.78, 5) is 10.3. The Hall–Kier alpha value is -8.14. The SMILES string of the molecule is c1ccc(-c2cc(-c3ccc(-c4ccc(-c5cccc6oc7ccccc7c56)cc4)cc3)nc(-c3ccc(-c4ccc5c6ccccc6c6ccccc6c5c4)cc3)n2)cc1. The lowest BCUT2D eigenvalue weighted by Crippen LogP contribution is -1.96. The van der Waals surface area contributed by atoms with E-state index in [2.05, 4.69) is 194 Å². The van der Waals surface area contributed by atoms with Crippen LogP contribution in [0, 0.1) is 0 Å². The third-order valence-electron chi connectivity index (χ3n) is 12.1. The Balaban J connectivity index is 0.871. The van der Waals surface area contributed by atoms with Gasteiger partial charge in [-0.15, -0.1) is 0 Å². The molecule has 0 spiro atoms. The van der Waals surface area contributed by atoms with Gasteiger partial charge < -0.3 is 4.42 Å². The summed E-state index contributed by atoms with van der Waals surface area (Å²) in [5, 5.41) is 9.94. The summed E-state index contributed by atoms with van der Waals surface area (Å²) in [5.41, 5.74) is 13.6. The quantitative estimate of drug-likeness (QED) is 0.158. The van der Waals surface area contributed by atoms with Crippen molar-refractivity contribution in [3.05, 3.63) is 218 Å². The lowest BCUT2D eigenvalue weighted by Gasteiger charge is -2.13. The van der Waals surface area contributed by atoms with E-state index in [9.17, 15) is 0 Å². The van der Waals surface area contributed by atoms with Gasteiger partial charge in [0, 0.05) is 27.5 Å². The van der Waals surface area contributed by atoms with Crippen LogP contribution in [0.4, 0.5) is 0 Å². The maximum Gasteiger partial charge on any atom is 0.160 e. The first-order valence-electron chi connectivity index (χ1n) is 20.7. The van der Waals surface area contributed by atoms with Gasteiger partial charge in [-0.3, -0.25) is 0 Å². The third-order valence-corrected chi connectivity index (χ3v) is 12.1. The average molecular weight is 777 g/mol. The summed E-state index contributed by atoms with van der Waals surface area (Å²) in [6.45, 7) is 0. The maximum atomic E-state index is 6.17. The van der Waals surface area contributed by atoms with Gasteiger partial charge in [0.15, 0.2) is 5.82 Å². The van der Waals surface area contributed by atoms with Crippen molar-refractivity contribution in [2.45, 2.75) is 0 Å². The minimum atomic E-state index is 0.693. The Morgan fingerprint density at radius 1 is 0.262 bits per heavy atom. The predicted molar refractivity (Wildman–Crippen MR) is 254 cm³/mol. The molecule has 0 N–H and O–H groups in total. The molecule has 12 aromatic rings. The van der Waals surface area contributed by atoms with Gasteiger partial charge in [-0.05, 0) is 90.0 Å². The Kier molecular flexibility index (Phi) is 8.17. The standard InChI is InChI=1S/C58H36N2O/c1-2-11-41(12-3-1)53-36-54(42-29-23-38(24-30-42)37-21-27-40(28-22-37)45-18-10-20-56-57(45)51-17-8-9-19-55(51)61-56)60-58(59-53)43-31-25-39(26-32-43)44-33-34-50-48-15-5-4-13-46(48)47-14-6-7-16-49(47)52(50)35-44/h1-36H. The normalized spacial score (nSPS) is 11.6. The molecule has 284 valence electrons. The van der Waals surface area contributed by atoms with Crippen LogP contribution in [-0.4, -0.2) is 9.97 Å². The smallest absolute Gasteiger partial charge is 0.160 e. The number of aromatic nitrogens is 2. The Bertz CT molecular complexity index is 3570. The molecule has 0 aliphatic rings. The zero-order chi connectivity index (χ0) is 40.3. The highest BCUT2D eigenvalue weighted by Crippen LogP contribution is 2.39. The van der Waals surface area contributed by atoms with Gasteiger partial charge in [0.25, 0.3) is 0 Å². The molecule has 61 heavy (non-hydrogen) atoms. The van der Waals surface area contributed by atoms with Gasteiger partial charge in [0.05, 0.1) is 11.4 Å². The number of benzene rings is 10. The topological polar surface area (TPSA) is 38.9 Å². The van der Waals surface area contributed by atoms with E-state index in [1.807, 2.05) is 24.3 Å². The summed E-state index contributed by atoms with van der Waals surface area (Å²) in [7, 11) is 0. The van der Waals surface area contributed by atoms with E-state index >= 15 is 0 Å². The molecule has 12 rings (SSSR count). The van der Waals surface area contributed by atoms with Crippen LogP contribution in [0.1, 0.15) is 0 Å². The second-order valence-corrected chi connectivity index (χ2v) is 15.7. The Morgan fingerprint density at radius 2 is 0.705 bits per heavy atom. The fourth-order valence-electron chi connectivity index (χ4n) is 9.07. The van der Waals surface area contributed by atoms with Crippen molar-refractivity contribution in [3.63, 3.8) is 0 Å². The molecule has 3 heteroatoms. The molecule has 0 unspecified atom stereocenters. The maximum absolute atomic E-state index is 6.17. The highest BCUT2D eigenvalue weighted by molar-refractivity contribution is 6.25. The van der Waals surface area contributed by atoms with E-state index in [0.29, 0.717) is 5.82 Å². The molecule has 3 nitrogen and oxygen atoms in total.